The molecule has 3 heteroatoms. The number of nitrogens with two attached hydrogens (primary N) is 1. The second kappa shape index (κ2) is 6.64. The van der Waals surface area contributed by atoms with Crippen molar-refractivity contribution in [2.45, 2.75) is 39.0 Å². The topological polar surface area (TPSA) is 44.5 Å². The standard InChI is InChI=1S/C15H25NO2/c1-10(2)14-13(17-4)7-6-12(15(14)18-5)11(3)8-9-16/h6-7,10-11H,8-9,16H2,1-5H3. The molecule has 0 amide bonds. The first-order valence-corrected chi connectivity index (χ1v) is 6.51. The van der Waals surface area contributed by atoms with Gasteiger partial charge < -0.3 is 15.2 Å². The molecular weight excluding hydrogens is 226 g/mol. The highest BCUT2D eigenvalue weighted by molar-refractivity contribution is 5.53. The number of hydrogen-bond donors (Lipinski definition) is 1. The number of ether oxygens (including phenoxy) is 2. The van der Waals surface area contributed by atoms with Crippen molar-refractivity contribution in [3.05, 3.63) is 23.3 Å². The van der Waals surface area contributed by atoms with E-state index in [-0.39, 0.29) is 0 Å². The van der Waals surface area contributed by atoms with E-state index < -0.39 is 0 Å². The molecule has 0 saturated carbocycles. The highest BCUT2D eigenvalue weighted by atomic mass is 16.5. The van der Waals surface area contributed by atoms with E-state index in [2.05, 4.69) is 26.8 Å². The van der Waals surface area contributed by atoms with Gasteiger partial charge in [0.15, 0.2) is 0 Å². The van der Waals surface area contributed by atoms with Gasteiger partial charge in [-0.25, -0.2) is 0 Å². The van der Waals surface area contributed by atoms with E-state index in [0.29, 0.717) is 18.4 Å². The van der Waals surface area contributed by atoms with Crippen LogP contribution in [0.4, 0.5) is 0 Å². The van der Waals surface area contributed by atoms with Gasteiger partial charge in [0.05, 0.1) is 14.2 Å². The first kappa shape index (κ1) is 14.8. The summed E-state index contributed by atoms with van der Waals surface area (Å²) in [6, 6.07) is 4.12. The van der Waals surface area contributed by atoms with Crippen molar-refractivity contribution in [1.82, 2.24) is 0 Å². The molecule has 102 valence electrons. The zero-order chi connectivity index (χ0) is 13.7. The van der Waals surface area contributed by atoms with Gasteiger partial charge in [0.2, 0.25) is 0 Å². The zero-order valence-electron chi connectivity index (χ0n) is 12.1. The summed E-state index contributed by atoms with van der Waals surface area (Å²) in [5.41, 5.74) is 8.00. The van der Waals surface area contributed by atoms with E-state index in [0.717, 1.165) is 23.5 Å². The Morgan fingerprint density at radius 2 is 1.78 bits per heavy atom. The fraction of sp³-hybridized carbons (Fsp3) is 0.600. The van der Waals surface area contributed by atoms with Gasteiger partial charge in [0, 0.05) is 5.56 Å². The molecule has 0 fully saturated rings. The summed E-state index contributed by atoms with van der Waals surface area (Å²) >= 11 is 0. The third-order valence-corrected chi connectivity index (χ3v) is 3.32. The summed E-state index contributed by atoms with van der Waals surface area (Å²) in [6.07, 6.45) is 0.959. The van der Waals surface area contributed by atoms with E-state index in [9.17, 15) is 0 Å². The van der Waals surface area contributed by atoms with Crippen LogP contribution < -0.4 is 15.2 Å². The fourth-order valence-corrected chi connectivity index (χ4v) is 2.34. The number of benzene rings is 1. The molecule has 0 radical (unpaired) electrons. The van der Waals surface area contributed by atoms with Crippen LogP contribution in [-0.2, 0) is 0 Å². The van der Waals surface area contributed by atoms with E-state index in [1.54, 1.807) is 14.2 Å². The normalized spacial score (nSPS) is 12.6. The molecule has 0 heterocycles. The van der Waals surface area contributed by atoms with Crippen LogP contribution in [0.25, 0.3) is 0 Å². The van der Waals surface area contributed by atoms with E-state index in [1.165, 1.54) is 5.56 Å². The van der Waals surface area contributed by atoms with Crippen LogP contribution in [0.15, 0.2) is 12.1 Å². The lowest BCUT2D eigenvalue weighted by Crippen LogP contribution is -2.08. The predicted molar refractivity (Wildman–Crippen MR) is 75.7 cm³/mol. The lowest BCUT2D eigenvalue weighted by Gasteiger charge is -2.22. The Kier molecular flexibility index (Phi) is 5.48. The molecule has 1 atom stereocenters. The molecule has 3 nitrogen and oxygen atoms in total. The van der Waals surface area contributed by atoms with Gasteiger partial charge in [0.1, 0.15) is 11.5 Å². The van der Waals surface area contributed by atoms with Gasteiger partial charge in [-0.15, -0.1) is 0 Å². The summed E-state index contributed by atoms with van der Waals surface area (Å²) < 4.78 is 11.1. The van der Waals surface area contributed by atoms with Crippen molar-refractivity contribution < 1.29 is 9.47 Å². The minimum atomic E-state index is 0.361. The molecule has 2 N–H and O–H groups in total. The maximum Gasteiger partial charge on any atom is 0.129 e. The van der Waals surface area contributed by atoms with Crippen LogP contribution in [-0.4, -0.2) is 20.8 Å². The largest absolute Gasteiger partial charge is 0.496 e. The van der Waals surface area contributed by atoms with Crippen LogP contribution in [0.3, 0.4) is 0 Å². The monoisotopic (exact) mass is 251 g/mol. The summed E-state index contributed by atoms with van der Waals surface area (Å²) in [4.78, 5) is 0. The predicted octanol–water partition coefficient (Wildman–Crippen LogP) is 3.28. The molecule has 0 aliphatic rings. The van der Waals surface area contributed by atoms with Crippen molar-refractivity contribution in [2.24, 2.45) is 5.73 Å². The Bertz CT molecular complexity index is 388. The summed E-state index contributed by atoms with van der Waals surface area (Å²) in [5.74, 6) is 2.60. The molecular formula is C15H25NO2. The van der Waals surface area contributed by atoms with Crippen LogP contribution >= 0.6 is 0 Å². The minimum Gasteiger partial charge on any atom is -0.496 e. The van der Waals surface area contributed by atoms with E-state index in [1.807, 2.05) is 6.07 Å². The van der Waals surface area contributed by atoms with Gasteiger partial charge in [0.25, 0.3) is 0 Å². The number of rotatable bonds is 6. The van der Waals surface area contributed by atoms with Gasteiger partial charge in [-0.2, -0.15) is 0 Å². The molecule has 1 unspecified atom stereocenters. The molecule has 1 aromatic carbocycles. The highest BCUT2D eigenvalue weighted by Crippen LogP contribution is 2.41. The second-order valence-electron chi connectivity index (χ2n) is 4.94. The Morgan fingerprint density at radius 1 is 1.11 bits per heavy atom. The first-order chi connectivity index (χ1) is 8.56. The van der Waals surface area contributed by atoms with Crippen molar-refractivity contribution in [3.63, 3.8) is 0 Å². The fourth-order valence-electron chi connectivity index (χ4n) is 2.34. The SMILES string of the molecule is COc1ccc(C(C)CCN)c(OC)c1C(C)C. The van der Waals surface area contributed by atoms with Crippen molar-refractivity contribution in [1.29, 1.82) is 0 Å². The molecule has 18 heavy (non-hydrogen) atoms. The molecule has 0 aliphatic heterocycles. The third-order valence-electron chi connectivity index (χ3n) is 3.32. The highest BCUT2D eigenvalue weighted by Gasteiger charge is 2.20. The Morgan fingerprint density at radius 3 is 2.22 bits per heavy atom. The lowest BCUT2D eigenvalue weighted by molar-refractivity contribution is 0.376. The average Bonchev–Trinajstić information content (AvgIpc) is 2.36. The summed E-state index contributed by atoms with van der Waals surface area (Å²) in [6.45, 7) is 7.17. The van der Waals surface area contributed by atoms with Crippen molar-refractivity contribution >= 4 is 0 Å². The van der Waals surface area contributed by atoms with Gasteiger partial charge in [-0.05, 0) is 36.4 Å². The summed E-state index contributed by atoms with van der Waals surface area (Å²) in [7, 11) is 3.42. The van der Waals surface area contributed by atoms with Gasteiger partial charge in [-0.3, -0.25) is 0 Å². The summed E-state index contributed by atoms with van der Waals surface area (Å²) in [5, 5.41) is 0. The quantitative estimate of drug-likeness (QED) is 0.844. The number of hydrogen-bond acceptors (Lipinski definition) is 3. The molecule has 1 rings (SSSR count). The zero-order valence-corrected chi connectivity index (χ0v) is 12.1. The molecule has 1 aromatic rings. The first-order valence-electron chi connectivity index (χ1n) is 6.51. The van der Waals surface area contributed by atoms with Gasteiger partial charge >= 0.3 is 0 Å². The Labute approximate surface area is 110 Å². The maximum atomic E-state index is 5.65. The minimum absolute atomic E-state index is 0.361. The maximum absolute atomic E-state index is 5.65. The number of methoxy groups -OCH3 is 2. The lowest BCUT2D eigenvalue weighted by atomic mass is 9.90. The Hall–Kier alpha value is -1.22. The van der Waals surface area contributed by atoms with E-state index in [4.69, 9.17) is 15.2 Å². The van der Waals surface area contributed by atoms with Crippen LogP contribution in [0.2, 0.25) is 0 Å². The van der Waals surface area contributed by atoms with Crippen LogP contribution in [0.5, 0.6) is 11.5 Å². The van der Waals surface area contributed by atoms with Gasteiger partial charge in [-0.1, -0.05) is 26.8 Å². The second-order valence-corrected chi connectivity index (χ2v) is 4.94. The van der Waals surface area contributed by atoms with E-state index >= 15 is 0 Å². The molecule has 0 saturated heterocycles. The average molecular weight is 251 g/mol. The molecule has 0 spiro atoms. The Balaban J connectivity index is 3.32. The molecule has 0 aromatic heterocycles. The smallest absolute Gasteiger partial charge is 0.129 e. The van der Waals surface area contributed by atoms with Crippen LogP contribution in [0.1, 0.15) is 50.2 Å². The molecule has 0 bridgehead atoms. The van der Waals surface area contributed by atoms with Crippen molar-refractivity contribution in [3.8, 4) is 11.5 Å². The van der Waals surface area contributed by atoms with Crippen molar-refractivity contribution in [2.75, 3.05) is 20.8 Å². The van der Waals surface area contributed by atoms with Crippen LogP contribution in [0, 0.1) is 0 Å². The molecule has 0 aliphatic carbocycles. The third kappa shape index (κ3) is 2.96.